The Labute approximate surface area is 122 Å². The normalized spacial score (nSPS) is 18.9. The molecule has 1 heterocycles. The van der Waals surface area contributed by atoms with Gasteiger partial charge in [0.2, 0.25) is 0 Å². The van der Waals surface area contributed by atoms with Crippen molar-refractivity contribution in [3.05, 3.63) is 38.9 Å². The lowest BCUT2D eigenvalue weighted by Crippen LogP contribution is -2.37. The van der Waals surface area contributed by atoms with E-state index in [1.165, 1.54) is 12.1 Å². The summed E-state index contributed by atoms with van der Waals surface area (Å²) in [6.45, 7) is 0.265. The van der Waals surface area contributed by atoms with Gasteiger partial charge in [0.25, 0.3) is 5.69 Å². The summed E-state index contributed by atoms with van der Waals surface area (Å²) in [7, 11) is -2.90. The van der Waals surface area contributed by atoms with Crippen molar-refractivity contribution >= 4 is 27.1 Å². The molecule has 1 aromatic carbocycles. The average Bonchev–Trinajstić information content (AvgIpc) is 2.38. The third kappa shape index (κ3) is 3.68. The van der Waals surface area contributed by atoms with Crippen LogP contribution in [-0.2, 0) is 16.4 Å². The zero-order chi connectivity index (χ0) is 14.8. The van der Waals surface area contributed by atoms with E-state index in [1.807, 2.05) is 0 Å². The second-order valence-electron chi connectivity index (χ2n) is 4.80. The fourth-order valence-corrected chi connectivity index (χ4v) is 3.96. The lowest BCUT2D eigenvalue weighted by atomic mass is 10.1. The summed E-state index contributed by atoms with van der Waals surface area (Å²) in [5, 5.41) is 14.5. The summed E-state index contributed by atoms with van der Waals surface area (Å²) < 4.78 is 22.7. The Bertz CT molecular complexity index is 604. The van der Waals surface area contributed by atoms with Crippen molar-refractivity contribution in [1.29, 1.82) is 0 Å². The molecule has 0 aliphatic carbocycles. The maximum absolute atomic E-state index is 11.3. The van der Waals surface area contributed by atoms with Gasteiger partial charge in [-0.2, -0.15) is 0 Å². The molecule has 20 heavy (non-hydrogen) atoms. The molecule has 6 nitrogen and oxygen atoms in total. The molecule has 8 heteroatoms. The Hall–Kier alpha value is -1.18. The molecular weight excluding hydrogens is 304 g/mol. The number of hydrogen-bond donors (Lipinski definition) is 1. The third-order valence-corrected chi connectivity index (χ3v) is 5.48. The molecule has 0 unspecified atom stereocenters. The highest BCUT2D eigenvalue weighted by Gasteiger charge is 2.24. The van der Waals surface area contributed by atoms with Crippen LogP contribution in [0.3, 0.4) is 0 Å². The zero-order valence-electron chi connectivity index (χ0n) is 10.7. The predicted octanol–water partition coefficient (Wildman–Crippen LogP) is 1.92. The summed E-state index contributed by atoms with van der Waals surface area (Å²) in [5.41, 5.74) is 0.418. The molecule has 1 aliphatic rings. The summed E-state index contributed by atoms with van der Waals surface area (Å²) in [5.74, 6) is 0.324. The van der Waals surface area contributed by atoms with E-state index in [9.17, 15) is 18.5 Å². The predicted molar refractivity (Wildman–Crippen MR) is 76.6 cm³/mol. The van der Waals surface area contributed by atoms with Crippen LogP contribution in [0.4, 0.5) is 5.69 Å². The van der Waals surface area contributed by atoms with Gasteiger partial charge in [0.15, 0.2) is 0 Å². The van der Waals surface area contributed by atoms with Crippen LogP contribution >= 0.6 is 11.6 Å². The van der Waals surface area contributed by atoms with E-state index in [1.54, 1.807) is 6.07 Å². The van der Waals surface area contributed by atoms with E-state index in [0.29, 0.717) is 23.4 Å². The fourth-order valence-electron chi connectivity index (χ4n) is 2.23. The molecule has 0 atom stereocenters. The van der Waals surface area contributed by atoms with Crippen LogP contribution in [0.15, 0.2) is 18.2 Å². The molecular formula is C12H15ClN2O4S. The second kappa shape index (κ2) is 6.07. The highest BCUT2D eigenvalue weighted by Crippen LogP contribution is 2.26. The molecule has 0 saturated carbocycles. The van der Waals surface area contributed by atoms with Gasteiger partial charge in [0, 0.05) is 18.7 Å². The molecule has 1 aliphatic heterocycles. The Morgan fingerprint density at radius 3 is 2.60 bits per heavy atom. The van der Waals surface area contributed by atoms with Crippen LogP contribution in [0.25, 0.3) is 0 Å². The van der Waals surface area contributed by atoms with Crippen LogP contribution in [0, 0.1) is 10.1 Å². The lowest BCUT2D eigenvalue weighted by molar-refractivity contribution is -0.385. The minimum Gasteiger partial charge on any atom is -0.310 e. The largest absolute Gasteiger partial charge is 0.310 e. The van der Waals surface area contributed by atoms with E-state index in [-0.39, 0.29) is 29.8 Å². The van der Waals surface area contributed by atoms with Gasteiger partial charge in [-0.05, 0) is 18.9 Å². The number of nitro benzene ring substituents is 1. The van der Waals surface area contributed by atoms with Crippen LogP contribution in [-0.4, -0.2) is 30.9 Å². The van der Waals surface area contributed by atoms with Crippen molar-refractivity contribution in [3.63, 3.8) is 0 Å². The van der Waals surface area contributed by atoms with Crippen molar-refractivity contribution in [3.8, 4) is 0 Å². The molecule has 0 radical (unpaired) electrons. The van der Waals surface area contributed by atoms with E-state index in [2.05, 4.69) is 5.32 Å². The Morgan fingerprint density at radius 2 is 2.00 bits per heavy atom. The maximum Gasteiger partial charge on any atom is 0.275 e. The highest BCUT2D eigenvalue weighted by atomic mass is 35.5. The summed E-state index contributed by atoms with van der Waals surface area (Å²) >= 11 is 6.00. The molecule has 0 bridgehead atoms. The Balaban J connectivity index is 2.03. The second-order valence-corrected chi connectivity index (χ2v) is 7.51. The van der Waals surface area contributed by atoms with Gasteiger partial charge >= 0.3 is 0 Å². The van der Waals surface area contributed by atoms with Crippen molar-refractivity contribution in [2.45, 2.75) is 25.4 Å². The van der Waals surface area contributed by atoms with Gasteiger partial charge < -0.3 is 5.32 Å². The third-order valence-electron chi connectivity index (χ3n) is 3.41. The molecule has 0 aromatic heterocycles. The number of nitrogens with one attached hydrogen (secondary N) is 1. The number of benzene rings is 1. The number of halogens is 1. The Kier molecular flexibility index (Phi) is 4.62. The van der Waals surface area contributed by atoms with Crippen LogP contribution < -0.4 is 5.32 Å². The van der Waals surface area contributed by atoms with Gasteiger partial charge in [0.1, 0.15) is 9.84 Å². The van der Waals surface area contributed by atoms with Gasteiger partial charge in [-0.3, -0.25) is 10.1 Å². The zero-order valence-corrected chi connectivity index (χ0v) is 12.3. The minimum absolute atomic E-state index is 0.0200. The van der Waals surface area contributed by atoms with Crippen LogP contribution in [0.5, 0.6) is 0 Å². The standard InChI is InChI=1S/C12H15ClN2O4S/c13-11-2-1-3-12(15(16)17)10(11)8-14-9-4-6-20(18,19)7-5-9/h1-3,9,14H,4-8H2. The SMILES string of the molecule is O=[N+]([O-])c1cccc(Cl)c1CNC1CCS(=O)(=O)CC1. The number of rotatable bonds is 4. The smallest absolute Gasteiger partial charge is 0.275 e. The van der Waals surface area contributed by atoms with E-state index >= 15 is 0 Å². The summed E-state index contributed by atoms with van der Waals surface area (Å²) in [6, 6.07) is 4.61. The molecule has 110 valence electrons. The highest BCUT2D eigenvalue weighted by molar-refractivity contribution is 7.91. The Morgan fingerprint density at radius 1 is 1.35 bits per heavy atom. The molecule has 1 aromatic rings. The van der Waals surface area contributed by atoms with Crippen LogP contribution in [0.2, 0.25) is 5.02 Å². The molecule has 2 rings (SSSR count). The van der Waals surface area contributed by atoms with Crippen molar-refractivity contribution < 1.29 is 13.3 Å². The first-order valence-electron chi connectivity index (χ1n) is 6.24. The van der Waals surface area contributed by atoms with Crippen molar-refractivity contribution in [1.82, 2.24) is 5.32 Å². The monoisotopic (exact) mass is 318 g/mol. The minimum atomic E-state index is -2.90. The number of nitro groups is 1. The first kappa shape index (κ1) is 15.2. The van der Waals surface area contributed by atoms with Gasteiger partial charge in [-0.25, -0.2) is 8.42 Å². The molecule has 0 spiro atoms. The number of hydrogen-bond acceptors (Lipinski definition) is 5. The van der Waals surface area contributed by atoms with E-state index in [4.69, 9.17) is 11.6 Å². The molecule has 1 N–H and O–H groups in total. The first-order valence-corrected chi connectivity index (χ1v) is 8.44. The quantitative estimate of drug-likeness (QED) is 0.676. The van der Waals surface area contributed by atoms with Crippen molar-refractivity contribution in [2.24, 2.45) is 0 Å². The van der Waals surface area contributed by atoms with Crippen molar-refractivity contribution in [2.75, 3.05) is 11.5 Å². The van der Waals surface area contributed by atoms with Gasteiger partial charge in [-0.1, -0.05) is 17.7 Å². The lowest BCUT2D eigenvalue weighted by Gasteiger charge is -2.23. The topological polar surface area (TPSA) is 89.3 Å². The molecule has 1 fully saturated rings. The average molecular weight is 319 g/mol. The summed E-state index contributed by atoms with van der Waals surface area (Å²) in [4.78, 5) is 10.5. The van der Waals surface area contributed by atoms with E-state index < -0.39 is 14.8 Å². The summed E-state index contributed by atoms with van der Waals surface area (Å²) in [6.07, 6.45) is 1.06. The van der Waals surface area contributed by atoms with E-state index in [0.717, 1.165) is 0 Å². The molecule has 1 saturated heterocycles. The fraction of sp³-hybridized carbons (Fsp3) is 0.500. The number of nitrogens with zero attached hydrogens (tertiary/aromatic N) is 1. The van der Waals surface area contributed by atoms with Gasteiger partial charge in [-0.15, -0.1) is 0 Å². The maximum atomic E-state index is 11.3. The first-order chi connectivity index (χ1) is 9.39. The molecule has 0 amide bonds. The van der Waals surface area contributed by atoms with Crippen LogP contribution in [0.1, 0.15) is 18.4 Å². The number of sulfone groups is 1. The van der Waals surface area contributed by atoms with Gasteiger partial charge in [0.05, 0.1) is 27.0 Å².